The Bertz CT molecular complexity index is 711. The average Bonchev–Trinajstić information content (AvgIpc) is 2.78. The van der Waals surface area contributed by atoms with Gasteiger partial charge in [-0.15, -0.1) is 0 Å². The molecule has 8 nitrogen and oxygen atoms in total. The molecule has 0 saturated heterocycles. The van der Waals surface area contributed by atoms with Gasteiger partial charge < -0.3 is 15.4 Å². The number of hydrogen-bond acceptors (Lipinski definition) is 5. The molecule has 2 aromatic rings. The van der Waals surface area contributed by atoms with Crippen molar-refractivity contribution in [1.82, 2.24) is 19.1 Å². The number of nitrogens with one attached hydrogen (secondary N) is 2. The van der Waals surface area contributed by atoms with Gasteiger partial charge in [-0.25, -0.2) is 4.79 Å². The zero-order chi connectivity index (χ0) is 14.2. The third-order valence-corrected chi connectivity index (χ3v) is 3.04. The summed E-state index contributed by atoms with van der Waals surface area (Å²) < 4.78 is 2.34. The number of aromatic nitrogens is 4. The van der Waals surface area contributed by atoms with Crippen LogP contribution in [0.3, 0.4) is 0 Å². The zero-order valence-electron chi connectivity index (χ0n) is 11.1. The number of H-pyrrole nitrogens is 1. The molecule has 0 aliphatic heterocycles. The Kier molecular flexibility index (Phi) is 3.43. The predicted octanol–water partition coefficient (Wildman–Crippen LogP) is -0.857. The first-order valence-electron chi connectivity index (χ1n) is 5.98. The highest BCUT2D eigenvalue weighted by Crippen LogP contribution is 2.10. The van der Waals surface area contributed by atoms with Gasteiger partial charge >= 0.3 is 5.69 Å². The maximum Gasteiger partial charge on any atom is 0.332 e. The number of aromatic amines is 1. The van der Waals surface area contributed by atoms with Crippen molar-refractivity contribution in [3.05, 3.63) is 20.8 Å². The van der Waals surface area contributed by atoms with Crippen LogP contribution in [0.5, 0.6) is 0 Å². The van der Waals surface area contributed by atoms with Crippen molar-refractivity contribution >= 4 is 17.1 Å². The highest BCUT2D eigenvalue weighted by atomic mass is 16.3. The van der Waals surface area contributed by atoms with Crippen molar-refractivity contribution in [2.45, 2.75) is 19.4 Å². The molecule has 0 fully saturated rings. The summed E-state index contributed by atoms with van der Waals surface area (Å²) in [5.41, 5.74) is -0.234. The summed E-state index contributed by atoms with van der Waals surface area (Å²) in [7, 11) is 2.98. The SMILES string of the molecule is C[C@@H](CCO)Nc1nc2c([nH]1)c(=O)n(C)c(=O)n2C. The summed E-state index contributed by atoms with van der Waals surface area (Å²) in [6.45, 7) is 1.95. The fraction of sp³-hybridized carbons (Fsp3) is 0.545. The van der Waals surface area contributed by atoms with Crippen LogP contribution >= 0.6 is 0 Å². The van der Waals surface area contributed by atoms with E-state index >= 15 is 0 Å². The van der Waals surface area contributed by atoms with E-state index < -0.39 is 11.2 Å². The zero-order valence-corrected chi connectivity index (χ0v) is 11.1. The number of rotatable bonds is 4. The van der Waals surface area contributed by atoms with Gasteiger partial charge in [-0.2, -0.15) is 4.98 Å². The van der Waals surface area contributed by atoms with E-state index in [1.54, 1.807) is 7.05 Å². The van der Waals surface area contributed by atoms with Crippen LogP contribution in [-0.2, 0) is 14.1 Å². The Hall–Kier alpha value is -2.09. The predicted molar refractivity (Wildman–Crippen MR) is 71.4 cm³/mol. The lowest BCUT2D eigenvalue weighted by molar-refractivity contribution is 0.282. The van der Waals surface area contributed by atoms with E-state index in [0.717, 1.165) is 4.57 Å². The molecule has 1 atom stereocenters. The summed E-state index contributed by atoms with van der Waals surface area (Å²) in [5.74, 6) is 0.411. The molecule has 0 radical (unpaired) electrons. The molecule has 0 spiro atoms. The minimum absolute atomic E-state index is 0.00597. The van der Waals surface area contributed by atoms with Gasteiger partial charge in [-0.3, -0.25) is 13.9 Å². The Morgan fingerprint density at radius 2 is 2.05 bits per heavy atom. The molecule has 8 heteroatoms. The third kappa shape index (κ3) is 2.26. The summed E-state index contributed by atoms with van der Waals surface area (Å²) in [4.78, 5) is 30.8. The molecule has 0 unspecified atom stereocenters. The summed E-state index contributed by atoms with van der Waals surface area (Å²) in [6, 6.07) is 0.00597. The van der Waals surface area contributed by atoms with Crippen LogP contribution in [0.25, 0.3) is 11.2 Å². The van der Waals surface area contributed by atoms with Crippen molar-refractivity contribution in [1.29, 1.82) is 0 Å². The standard InChI is InChI=1S/C11H17N5O3/c1-6(4-5-17)12-10-13-7-8(14-10)15(2)11(19)16(3)9(7)18/h6,17H,4-5H2,1-3H3,(H2,12,13,14)/t6-/m0/s1. The molecule has 19 heavy (non-hydrogen) atoms. The van der Waals surface area contributed by atoms with Crippen molar-refractivity contribution < 1.29 is 5.11 Å². The summed E-state index contributed by atoms with van der Waals surface area (Å²) in [5, 5.41) is 11.9. The normalized spacial score (nSPS) is 12.8. The molecular formula is C11H17N5O3. The van der Waals surface area contributed by atoms with E-state index in [1.807, 2.05) is 6.92 Å². The molecule has 2 aromatic heterocycles. The maximum absolute atomic E-state index is 11.9. The highest BCUT2D eigenvalue weighted by Gasteiger charge is 2.14. The smallest absolute Gasteiger partial charge is 0.332 e. The molecule has 0 amide bonds. The molecule has 0 bridgehead atoms. The topological polar surface area (TPSA) is 105 Å². The van der Waals surface area contributed by atoms with Gasteiger partial charge in [0, 0.05) is 26.7 Å². The number of hydrogen-bond donors (Lipinski definition) is 3. The van der Waals surface area contributed by atoms with Gasteiger partial charge in [0.2, 0.25) is 5.95 Å². The second-order valence-electron chi connectivity index (χ2n) is 4.55. The molecule has 0 aromatic carbocycles. The number of aryl methyl sites for hydroxylation is 1. The molecule has 2 heterocycles. The average molecular weight is 267 g/mol. The summed E-state index contributed by atoms with van der Waals surface area (Å²) >= 11 is 0. The molecular weight excluding hydrogens is 250 g/mol. The fourth-order valence-electron chi connectivity index (χ4n) is 1.89. The van der Waals surface area contributed by atoms with Crippen LogP contribution in [0.1, 0.15) is 13.3 Å². The van der Waals surface area contributed by atoms with E-state index in [-0.39, 0.29) is 18.2 Å². The minimum atomic E-state index is -0.418. The third-order valence-electron chi connectivity index (χ3n) is 3.04. The van der Waals surface area contributed by atoms with Crippen molar-refractivity contribution in [2.75, 3.05) is 11.9 Å². The number of nitrogens with zero attached hydrogens (tertiary/aromatic N) is 3. The van der Waals surface area contributed by atoms with Gasteiger partial charge in [-0.1, -0.05) is 0 Å². The highest BCUT2D eigenvalue weighted by molar-refractivity contribution is 5.72. The first kappa shape index (κ1) is 13.3. The lowest BCUT2D eigenvalue weighted by atomic mass is 10.2. The first-order valence-corrected chi connectivity index (χ1v) is 5.98. The van der Waals surface area contributed by atoms with E-state index in [9.17, 15) is 9.59 Å². The van der Waals surface area contributed by atoms with Gasteiger partial charge in [0.1, 0.15) is 0 Å². The van der Waals surface area contributed by atoms with Crippen LogP contribution in [0.2, 0.25) is 0 Å². The van der Waals surface area contributed by atoms with E-state index in [2.05, 4.69) is 15.3 Å². The van der Waals surface area contributed by atoms with Crippen LogP contribution in [0.4, 0.5) is 5.95 Å². The van der Waals surface area contributed by atoms with E-state index in [1.165, 1.54) is 11.6 Å². The van der Waals surface area contributed by atoms with Crippen LogP contribution in [0.15, 0.2) is 9.59 Å². The Labute approximate surface area is 108 Å². The van der Waals surface area contributed by atoms with Gasteiger partial charge in [0.15, 0.2) is 11.2 Å². The Morgan fingerprint density at radius 3 is 2.68 bits per heavy atom. The number of anilines is 1. The summed E-state index contributed by atoms with van der Waals surface area (Å²) in [6.07, 6.45) is 0.563. The van der Waals surface area contributed by atoms with Gasteiger partial charge in [0.05, 0.1) is 0 Å². The number of fused-ring (bicyclic) bond motifs is 1. The second-order valence-corrected chi connectivity index (χ2v) is 4.55. The quantitative estimate of drug-likeness (QED) is 0.669. The van der Waals surface area contributed by atoms with Crippen LogP contribution in [0, 0.1) is 0 Å². The van der Waals surface area contributed by atoms with Crippen molar-refractivity contribution in [3.63, 3.8) is 0 Å². The Balaban J connectivity index is 2.52. The largest absolute Gasteiger partial charge is 0.396 e. The van der Waals surface area contributed by atoms with Gasteiger partial charge in [-0.05, 0) is 13.3 Å². The van der Waals surface area contributed by atoms with E-state index in [4.69, 9.17) is 5.11 Å². The molecule has 0 aliphatic carbocycles. The van der Waals surface area contributed by atoms with Crippen LogP contribution < -0.4 is 16.6 Å². The number of aliphatic hydroxyl groups is 1. The molecule has 3 N–H and O–H groups in total. The molecule has 0 saturated carbocycles. The maximum atomic E-state index is 11.9. The van der Waals surface area contributed by atoms with Gasteiger partial charge in [0.25, 0.3) is 5.56 Å². The monoisotopic (exact) mass is 267 g/mol. The van der Waals surface area contributed by atoms with E-state index in [0.29, 0.717) is 18.0 Å². The minimum Gasteiger partial charge on any atom is -0.396 e. The number of imidazole rings is 1. The first-order chi connectivity index (χ1) is 8.95. The lowest BCUT2D eigenvalue weighted by Crippen LogP contribution is -2.36. The Morgan fingerprint density at radius 1 is 1.37 bits per heavy atom. The van der Waals surface area contributed by atoms with Crippen LogP contribution in [-0.4, -0.2) is 36.9 Å². The molecule has 104 valence electrons. The fourth-order valence-corrected chi connectivity index (χ4v) is 1.89. The van der Waals surface area contributed by atoms with Crippen molar-refractivity contribution in [3.8, 4) is 0 Å². The molecule has 0 aliphatic rings. The van der Waals surface area contributed by atoms with Crippen molar-refractivity contribution in [2.24, 2.45) is 14.1 Å². The number of aliphatic hydroxyl groups excluding tert-OH is 1. The molecule has 2 rings (SSSR count). The lowest BCUT2D eigenvalue weighted by Gasteiger charge is -2.10. The second kappa shape index (κ2) is 4.88.